The Morgan fingerprint density at radius 2 is 1.77 bits per heavy atom. The molecule has 0 aliphatic rings. The second-order valence-corrected chi connectivity index (χ2v) is 2.49. The molecular formula is C9H12O4. The molecule has 0 unspecified atom stereocenters. The molecule has 0 saturated carbocycles. The third kappa shape index (κ3) is 6.93. The first-order chi connectivity index (χ1) is 6.06. The molecule has 0 rings (SSSR count). The van der Waals surface area contributed by atoms with Crippen molar-refractivity contribution in [1.29, 1.82) is 0 Å². The SMILES string of the molecule is COC(=O)CCC(=O)/C=C\C(C)=O. The van der Waals surface area contributed by atoms with Gasteiger partial charge in [0.25, 0.3) is 0 Å². The molecule has 0 bridgehead atoms. The van der Waals surface area contributed by atoms with Crippen LogP contribution in [-0.2, 0) is 19.1 Å². The minimum atomic E-state index is -0.426. The van der Waals surface area contributed by atoms with Crippen molar-refractivity contribution < 1.29 is 19.1 Å². The average Bonchev–Trinajstić information content (AvgIpc) is 2.10. The van der Waals surface area contributed by atoms with E-state index in [1.54, 1.807) is 0 Å². The summed E-state index contributed by atoms with van der Waals surface area (Å²) in [5.41, 5.74) is 0. The fourth-order valence-electron chi connectivity index (χ4n) is 0.621. The lowest BCUT2D eigenvalue weighted by Crippen LogP contribution is -2.03. The summed E-state index contributed by atoms with van der Waals surface area (Å²) < 4.78 is 4.34. The summed E-state index contributed by atoms with van der Waals surface area (Å²) >= 11 is 0. The fourth-order valence-corrected chi connectivity index (χ4v) is 0.621. The Morgan fingerprint density at radius 1 is 1.15 bits per heavy atom. The van der Waals surface area contributed by atoms with Crippen molar-refractivity contribution in [1.82, 2.24) is 0 Å². The van der Waals surface area contributed by atoms with E-state index in [-0.39, 0.29) is 24.4 Å². The molecule has 0 fully saturated rings. The number of hydrogen-bond acceptors (Lipinski definition) is 4. The lowest BCUT2D eigenvalue weighted by Gasteiger charge is -1.94. The first kappa shape index (κ1) is 11.6. The molecule has 0 aliphatic carbocycles. The van der Waals surface area contributed by atoms with Gasteiger partial charge in [0.05, 0.1) is 13.5 Å². The molecule has 4 nitrogen and oxygen atoms in total. The summed E-state index contributed by atoms with van der Waals surface area (Å²) in [7, 11) is 1.26. The number of allylic oxidation sites excluding steroid dienone is 2. The van der Waals surface area contributed by atoms with Crippen LogP contribution in [0.5, 0.6) is 0 Å². The van der Waals surface area contributed by atoms with Crippen LogP contribution in [0.15, 0.2) is 12.2 Å². The highest BCUT2D eigenvalue weighted by molar-refractivity contribution is 5.98. The van der Waals surface area contributed by atoms with E-state index in [4.69, 9.17) is 0 Å². The third-order valence-electron chi connectivity index (χ3n) is 1.31. The maximum Gasteiger partial charge on any atom is 0.305 e. The zero-order valence-corrected chi connectivity index (χ0v) is 7.70. The van der Waals surface area contributed by atoms with E-state index in [9.17, 15) is 14.4 Å². The summed E-state index contributed by atoms with van der Waals surface area (Å²) in [5.74, 6) is -0.864. The van der Waals surface area contributed by atoms with Crippen molar-refractivity contribution in [2.24, 2.45) is 0 Å². The van der Waals surface area contributed by atoms with E-state index >= 15 is 0 Å². The molecule has 0 amide bonds. The van der Waals surface area contributed by atoms with E-state index in [1.807, 2.05) is 0 Å². The Kier molecular flexibility index (Phi) is 5.43. The molecule has 0 spiro atoms. The van der Waals surface area contributed by atoms with Gasteiger partial charge in [0.2, 0.25) is 0 Å². The minimum Gasteiger partial charge on any atom is -0.469 e. The Bertz CT molecular complexity index is 240. The number of ether oxygens (including phenoxy) is 1. The molecule has 0 aromatic heterocycles. The summed E-state index contributed by atoms with van der Waals surface area (Å²) in [5, 5.41) is 0. The van der Waals surface area contributed by atoms with Crippen LogP contribution in [0.3, 0.4) is 0 Å². The lowest BCUT2D eigenvalue weighted by molar-refractivity contribution is -0.141. The highest BCUT2D eigenvalue weighted by Gasteiger charge is 2.03. The zero-order valence-electron chi connectivity index (χ0n) is 7.70. The second-order valence-electron chi connectivity index (χ2n) is 2.49. The standard InChI is InChI=1S/C9H12O4/c1-7(10)3-4-8(11)5-6-9(12)13-2/h3-4H,5-6H2,1-2H3/b4-3-. The number of hydrogen-bond donors (Lipinski definition) is 0. The van der Waals surface area contributed by atoms with Crippen molar-refractivity contribution in [3.63, 3.8) is 0 Å². The molecule has 0 atom stereocenters. The van der Waals surface area contributed by atoms with Crippen molar-refractivity contribution >= 4 is 17.5 Å². The molecular weight excluding hydrogens is 172 g/mol. The van der Waals surface area contributed by atoms with Crippen molar-refractivity contribution in [3.8, 4) is 0 Å². The number of esters is 1. The number of carbonyl (C=O) groups excluding carboxylic acids is 3. The van der Waals surface area contributed by atoms with Gasteiger partial charge in [-0.05, 0) is 19.1 Å². The van der Waals surface area contributed by atoms with Crippen LogP contribution >= 0.6 is 0 Å². The maximum atomic E-state index is 10.9. The Balaban J connectivity index is 3.76. The van der Waals surface area contributed by atoms with Crippen LogP contribution in [0.4, 0.5) is 0 Å². The zero-order chi connectivity index (χ0) is 10.3. The molecule has 0 aliphatic heterocycles. The lowest BCUT2D eigenvalue weighted by atomic mass is 10.2. The Hall–Kier alpha value is -1.45. The monoisotopic (exact) mass is 184 g/mol. The minimum absolute atomic E-state index is 0.0532. The van der Waals surface area contributed by atoms with E-state index < -0.39 is 5.97 Å². The van der Waals surface area contributed by atoms with Gasteiger partial charge in [-0.2, -0.15) is 0 Å². The summed E-state index contributed by atoms with van der Waals surface area (Å²) in [6.45, 7) is 1.35. The van der Waals surface area contributed by atoms with E-state index in [0.717, 1.165) is 0 Å². The number of ketones is 2. The highest BCUT2D eigenvalue weighted by atomic mass is 16.5. The van der Waals surface area contributed by atoms with Gasteiger partial charge in [0.1, 0.15) is 0 Å². The molecule has 0 aromatic carbocycles. The average molecular weight is 184 g/mol. The van der Waals surface area contributed by atoms with Gasteiger partial charge in [-0.25, -0.2) is 0 Å². The largest absolute Gasteiger partial charge is 0.469 e. The van der Waals surface area contributed by atoms with Crippen LogP contribution in [0.1, 0.15) is 19.8 Å². The van der Waals surface area contributed by atoms with Gasteiger partial charge in [-0.15, -0.1) is 0 Å². The molecule has 0 aromatic rings. The molecule has 0 radical (unpaired) electrons. The van der Waals surface area contributed by atoms with Gasteiger partial charge in [0, 0.05) is 6.42 Å². The van der Waals surface area contributed by atoms with E-state index in [0.29, 0.717) is 0 Å². The van der Waals surface area contributed by atoms with Gasteiger partial charge in [-0.1, -0.05) is 0 Å². The Labute approximate surface area is 76.6 Å². The number of rotatable bonds is 5. The van der Waals surface area contributed by atoms with Gasteiger partial charge in [0.15, 0.2) is 11.6 Å². The van der Waals surface area contributed by atoms with Crippen LogP contribution in [0.2, 0.25) is 0 Å². The van der Waals surface area contributed by atoms with Gasteiger partial charge >= 0.3 is 5.97 Å². The second kappa shape index (κ2) is 6.11. The first-order valence-corrected chi connectivity index (χ1v) is 3.84. The highest BCUT2D eigenvalue weighted by Crippen LogP contribution is 1.94. The smallest absolute Gasteiger partial charge is 0.305 e. The summed E-state index contributed by atoms with van der Waals surface area (Å²) in [4.78, 5) is 31.9. The molecule has 0 heterocycles. The maximum absolute atomic E-state index is 10.9. The third-order valence-corrected chi connectivity index (χ3v) is 1.31. The molecule has 72 valence electrons. The molecule has 0 saturated heterocycles. The predicted molar refractivity (Wildman–Crippen MR) is 46.1 cm³/mol. The summed E-state index contributed by atoms with van der Waals surface area (Å²) in [6, 6.07) is 0. The number of carbonyl (C=O) groups is 3. The normalized spacial score (nSPS) is 10.0. The Morgan fingerprint density at radius 3 is 2.23 bits per heavy atom. The topological polar surface area (TPSA) is 60.4 Å². The van der Waals surface area contributed by atoms with Crippen LogP contribution < -0.4 is 0 Å². The molecule has 13 heavy (non-hydrogen) atoms. The van der Waals surface area contributed by atoms with Gasteiger partial charge < -0.3 is 4.74 Å². The van der Waals surface area contributed by atoms with Crippen molar-refractivity contribution in [2.45, 2.75) is 19.8 Å². The van der Waals surface area contributed by atoms with Crippen LogP contribution in [-0.4, -0.2) is 24.6 Å². The number of methoxy groups -OCH3 is 1. The van der Waals surface area contributed by atoms with Gasteiger partial charge in [-0.3, -0.25) is 14.4 Å². The fraction of sp³-hybridized carbons (Fsp3) is 0.444. The van der Waals surface area contributed by atoms with Crippen molar-refractivity contribution in [3.05, 3.63) is 12.2 Å². The first-order valence-electron chi connectivity index (χ1n) is 3.84. The van der Waals surface area contributed by atoms with E-state index in [1.165, 1.54) is 26.2 Å². The quantitative estimate of drug-likeness (QED) is 0.465. The van der Waals surface area contributed by atoms with Crippen molar-refractivity contribution in [2.75, 3.05) is 7.11 Å². The summed E-state index contributed by atoms with van der Waals surface area (Å²) in [6.07, 6.45) is 2.49. The molecule has 4 heteroatoms. The predicted octanol–water partition coefficient (Wildman–Crippen LogP) is 0.654. The van der Waals surface area contributed by atoms with E-state index in [2.05, 4.69) is 4.74 Å². The molecule has 0 N–H and O–H groups in total. The van der Waals surface area contributed by atoms with Crippen LogP contribution in [0.25, 0.3) is 0 Å². The van der Waals surface area contributed by atoms with Crippen LogP contribution in [0, 0.1) is 0 Å².